The number of anilines is 3. The molecule has 2 rings (SSSR count). The molecule has 166 valence electrons. The summed E-state index contributed by atoms with van der Waals surface area (Å²) >= 11 is 0. The van der Waals surface area contributed by atoms with Crippen molar-refractivity contribution in [1.29, 1.82) is 0 Å². The van der Waals surface area contributed by atoms with Gasteiger partial charge in [0.15, 0.2) is 0 Å². The fourth-order valence-electron chi connectivity index (χ4n) is 3.52. The molecule has 1 saturated heterocycles. The molecule has 1 fully saturated rings. The number of alkyl halides is 3. The van der Waals surface area contributed by atoms with Gasteiger partial charge in [-0.2, -0.15) is 28.1 Å². The third-order valence-corrected chi connectivity index (χ3v) is 4.68. The van der Waals surface area contributed by atoms with Gasteiger partial charge in [-0.15, -0.1) is 0 Å². The Morgan fingerprint density at radius 2 is 1.38 bits per heavy atom. The van der Waals surface area contributed by atoms with E-state index < -0.39 is 12.7 Å². The Kier molecular flexibility index (Phi) is 8.30. The van der Waals surface area contributed by atoms with Gasteiger partial charge in [-0.05, 0) is 32.4 Å². The van der Waals surface area contributed by atoms with Gasteiger partial charge in [-0.1, -0.05) is 33.1 Å². The molecule has 7 nitrogen and oxygen atoms in total. The molecule has 2 N–H and O–H groups in total. The monoisotopic (exact) mass is 417 g/mol. The minimum Gasteiger partial charge on any atom is -0.353 e. The van der Waals surface area contributed by atoms with Crippen molar-refractivity contribution in [3.05, 3.63) is 0 Å². The van der Waals surface area contributed by atoms with Crippen LogP contribution in [-0.2, 0) is 0 Å². The van der Waals surface area contributed by atoms with Gasteiger partial charge in [0.1, 0.15) is 6.54 Å². The van der Waals surface area contributed by atoms with Gasteiger partial charge in [-0.3, -0.25) is 0 Å². The van der Waals surface area contributed by atoms with Crippen LogP contribution in [0.15, 0.2) is 0 Å². The van der Waals surface area contributed by atoms with Gasteiger partial charge in [0.25, 0.3) is 0 Å². The number of aromatic nitrogens is 3. The summed E-state index contributed by atoms with van der Waals surface area (Å²) in [7, 11) is 4.01. The highest BCUT2D eigenvalue weighted by Crippen LogP contribution is 2.21. The van der Waals surface area contributed by atoms with Gasteiger partial charge < -0.3 is 20.4 Å². The normalized spacial score (nSPS) is 16.5. The van der Waals surface area contributed by atoms with Crippen molar-refractivity contribution in [1.82, 2.24) is 19.9 Å². The molecule has 0 aromatic carbocycles. The second-order valence-electron chi connectivity index (χ2n) is 8.76. The van der Waals surface area contributed by atoms with E-state index in [1.807, 2.05) is 14.1 Å². The van der Waals surface area contributed by atoms with E-state index in [2.05, 4.69) is 49.2 Å². The second-order valence-corrected chi connectivity index (χ2v) is 8.76. The van der Waals surface area contributed by atoms with Crippen molar-refractivity contribution in [3.8, 4) is 0 Å². The average Bonchev–Trinajstić information content (AvgIpc) is 2.56. The largest absolute Gasteiger partial charge is 0.405 e. The van der Waals surface area contributed by atoms with E-state index in [1.165, 1.54) is 6.42 Å². The number of nitrogens with zero attached hydrogens (tertiary/aromatic N) is 5. The van der Waals surface area contributed by atoms with E-state index in [0.29, 0.717) is 18.4 Å². The molecule has 2 heterocycles. The van der Waals surface area contributed by atoms with Crippen LogP contribution in [0.4, 0.5) is 31.0 Å². The van der Waals surface area contributed by atoms with Crippen LogP contribution in [0.1, 0.15) is 46.0 Å². The van der Waals surface area contributed by atoms with E-state index in [-0.39, 0.29) is 11.4 Å². The number of hydrogen-bond acceptors (Lipinski definition) is 7. The van der Waals surface area contributed by atoms with Crippen LogP contribution < -0.4 is 15.5 Å². The van der Waals surface area contributed by atoms with Gasteiger partial charge >= 0.3 is 6.18 Å². The topological polar surface area (TPSA) is 69.2 Å². The zero-order valence-electron chi connectivity index (χ0n) is 17.9. The summed E-state index contributed by atoms with van der Waals surface area (Å²) in [6.07, 6.45) is 1.21. The van der Waals surface area contributed by atoms with Crippen molar-refractivity contribution < 1.29 is 13.2 Å². The van der Waals surface area contributed by atoms with Crippen molar-refractivity contribution in [3.63, 3.8) is 0 Å². The first-order chi connectivity index (χ1) is 13.5. The van der Waals surface area contributed by atoms with Crippen LogP contribution in [-0.4, -0.2) is 72.8 Å². The highest BCUT2D eigenvalue weighted by Gasteiger charge is 2.28. The molecular formula is C19H34F3N7. The summed E-state index contributed by atoms with van der Waals surface area (Å²) in [4.78, 5) is 17.1. The molecule has 0 radical (unpaired) electrons. The van der Waals surface area contributed by atoms with Crippen molar-refractivity contribution >= 4 is 17.8 Å². The Balaban J connectivity index is 2.19. The maximum Gasteiger partial charge on any atom is 0.405 e. The predicted molar refractivity (Wildman–Crippen MR) is 110 cm³/mol. The number of hydrogen-bond donors (Lipinski definition) is 2. The van der Waals surface area contributed by atoms with Gasteiger partial charge in [0.05, 0.1) is 0 Å². The number of rotatable bonds is 8. The third kappa shape index (κ3) is 9.01. The molecule has 0 bridgehead atoms. The van der Waals surface area contributed by atoms with Crippen molar-refractivity contribution in [2.24, 2.45) is 5.41 Å². The average molecular weight is 418 g/mol. The van der Waals surface area contributed by atoms with Crippen LogP contribution in [0.5, 0.6) is 0 Å². The standard InChI is InChI=1S/C19H34F3N7/c1-18(2,14-28(3)4)12-23-15-25-16(24-13-19(20,21)22)27-17(26-15)29-10-8-6-5-7-9-11-29/h5-14H2,1-4H3,(H2,23,24,25,26,27). The fourth-order valence-corrected chi connectivity index (χ4v) is 3.52. The first-order valence-corrected chi connectivity index (χ1v) is 10.2. The Morgan fingerprint density at radius 1 is 0.862 bits per heavy atom. The molecule has 29 heavy (non-hydrogen) atoms. The molecule has 0 amide bonds. The summed E-state index contributed by atoms with van der Waals surface area (Å²) in [5.41, 5.74) is -0.0592. The molecule has 1 aromatic heterocycles. The van der Waals surface area contributed by atoms with Gasteiger partial charge in [0, 0.05) is 26.2 Å². The number of halogens is 3. The maximum atomic E-state index is 12.7. The van der Waals surface area contributed by atoms with Crippen LogP contribution >= 0.6 is 0 Å². The van der Waals surface area contributed by atoms with E-state index in [0.717, 1.165) is 45.3 Å². The molecule has 1 aliphatic heterocycles. The van der Waals surface area contributed by atoms with E-state index in [4.69, 9.17) is 0 Å². The molecule has 0 aliphatic carbocycles. The summed E-state index contributed by atoms with van der Waals surface area (Å²) < 4.78 is 38.0. The highest BCUT2D eigenvalue weighted by atomic mass is 19.4. The molecule has 0 atom stereocenters. The Labute approximate surface area is 171 Å². The summed E-state index contributed by atoms with van der Waals surface area (Å²) in [6, 6.07) is 0. The lowest BCUT2D eigenvalue weighted by molar-refractivity contribution is -0.115. The molecular weight excluding hydrogens is 383 g/mol. The minimum atomic E-state index is -4.34. The molecule has 0 unspecified atom stereocenters. The Morgan fingerprint density at radius 3 is 1.90 bits per heavy atom. The van der Waals surface area contributed by atoms with Crippen LogP contribution in [0.3, 0.4) is 0 Å². The fraction of sp³-hybridized carbons (Fsp3) is 0.842. The summed E-state index contributed by atoms with van der Waals surface area (Å²) in [6.45, 7) is 6.09. The van der Waals surface area contributed by atoms with Gasteiger partial charge in [-0.25, -0.2) is 0 Å². The van der Waals surface area contributed by atoms with Crippen LogP contribution in [0.25, 0.3) is 0 Å². The zero-order chi connectivity index (χ0) is 21.5. The quantitative estimate of drug-likeness (QED) is 0.670. The Hall–Kier alpha value is -1.84. The molecule has 10 heteroatoms. The molecule has 0 saturated carbocycles. The van der Waals surface area contributed by atoms with E-state index in [1.54, 1.807) is 0 Å². The van der Waals surface area contributed by atoms with Gasteiger partial charge in [0.2, 0.25) is 17.8 Å². The van der Waals surface area contributed by atoms with Crippen molar-refractivity contribution in [2.75, 3.05) is 62.4 Å². The molecule has 1 aromatic rings. The lowest BCUT2D eigenvalue weighted by Crippen LogP contribution is -2.35. The highest BCUT2D eigenvalue weighted by molar-refractivity contribution is 5.44. The maximum absolute atomic E-state index is 12.7. The smallest absolute Gasteiger partial charge is 0.353 e. The Bertz CT molecular complexity index is 627. The lowest BCUT2D eigenvalue weighted by atomic mass is 9.93. The van der Waals surface area contributed by atoms with Crippen LogP contribution in [0, 0.1) is 5.41 Å². The third-order valence-electron chi connectivity index (χ3n) is 4.68. The SMILES string of the molecule is CN(C)CC(C)(C)CNc1nc(NCC(F)(F)F)nc(N2CCCCCCC2)n1. The van der Waals surface area contributed by atoms with Crippen molar-refractivity contribution in [2.45, 2.75) is 52.1 Å². The van der Waals surface area contributed by atoms with Crippen LogP contribution in [0.2, 0.25) is 0 Å². The molecule has 0 spiro atoms. The zero-order valence-corrected chi connectivity index (χ0v) is 17.9. The first-order valence-electron chi connectivity index (χ1n) is 10.2. The molecule has 1 aliphatic rings. The van der Waals surface area contributed by atoms with E-state index >= 15 is 0 Å². The predicted octanol–water partition coefficient (Wildman–Crippen LogP) is 3.62. The van der Waals surface area contributed by atoms with E-state index in [9.17, 15) is 13.2 Å². The summed E-state index contributed by atoms with van der Waals surface area (Å²) in [5.74, 6) is 0.676. The number of nitrogens with one attached hydrogen (secondary N) is 2. The second kappa shape index (κ2) is 10.3. The lowest BCUT2D eigenvalue weighted by Gasteiger charge is -2.29. The minimum absolute atomic E-state index is 0.0534. The first kappa shape index (κ1) is 23.4. The summed E-state index contributed by atoms with van der Waals surface area (Å²) in [5, 5.41) is 5.50.